The molecular formula is C11H17F3N2O. The number of furan rings is 1. The van der Waals surface area contributed by atoms with Crippen LogP contribution >= 0.6 is 0 Å². The Hall–Kier alpha value is -1.01. The number of halogens is 3. The summed E-state index contributed by atoms with van der Waals surface area (Å²) in [6, 6.07) is 1.46. The third-order valence-electron chi connectivity index (χ3n) is 2.63. The van der Waals surface area contributed by atoms with Crippen molar-refractivity contribution in [1.82, 2.24) is 5.43 Å². The molecule has 0 fully saturated rings. The van der Waals surface area contributed by atoms with Gasteiger partial charge in [-0.3, -0.25) is 11.3 Å². The van der Waals surface area contributed by atoms with Gasteiger partial charge in [-0.2, -0.15) is 13.2 Å². The lowest BCUT2D eigenvalue weighted by Crippen LogP contribution is -2.28. The topological polar surface area (TPSA) is 51.2 Å². The molecule has 0 radical (unpaired) electrons. The molecule has 17 heavy (non-hydrogen) atoms. The second-order valence-corrected chi connectivity index (χ2v) is 3.88. The lowest BCUT2D eigenvalue weighted by atomic mass is 10.0. The fraction of sp³-hybridized carbons (Fsp3) is 0.636. The Morgan fingerprint density at radius 1 is 1.47 bits per heavy atom. The Bertz CT molecular complexity index is 336. The van der Waals surface area contributed by atoms with Crippen LogP contribution < -0.4 is 11.3 Å². The van der Waals surface area contributed by atoms with Crippen molar-refractivity contribution in [3.63, 3.8) is 0 Å². The normalized spacial score (nSPS) is 13.9. The van der Waals surface area contributed by atoms with Crippen LogP contribution in [0.15, 0.2) is 16.7 Å². The molecule has 0 saturated heterocycles. The van der Waals surface area contributed by atoms with Crippen molar-refractivity contribution < 1.29 is 17.6 Å². The molecule has 1 aromatic heterocycles. The molecule has 0 aliphatic heterocycles. The lowest BCUT2D eigenvalue weighted by molar-refractivity contribution is -0.135. The van der Waals surface area contributed by atoms with Gasteiger partial charge in [0.2, 0.25) is 0 Å². The monoisotopic (exact) mass is 250 g/mol. The van der Waals surface area contributed by atoms with Crippen molar-refractivity contribution in [3.05, 3.63) is 23.7 Å². The van der Waals surface area contributed by atoms with Crippen LogP contribution in [0.4, 0.5) is 13.2 Å². The van der Waals surface area contributed by atoms with Crippen LogP contribution in [0, 0.1) is 0 Å². The van der Waals surface area contributed by atoms with Crippen molar-refractivity contribution in [2.45, 2.75) is 44.8 Å². The minimum Gasteiger partial charge on any atom is -0.469 e. The second-order valence-electron chi connectivity index (χ2n) is 3.88. The van der Waals surface area contributed by atoms with E-state index in [0.717, 1.165) is 11.3 Å². The van der Waals surface area contributed by atoms with Crippen LogP contribution in [-0.2, 0) is 6.42 Å². The first-order chi connectivity index (χ1) is 7.98. The number of alkyl halides is 3. The van der Waals surface area contributed by atoms with E-state index in [1.54, 1.807) is 6.07 Å². The van der Waals surface area contributed by atoms with Gasteiger partial charge in [-0.15, -0.1) is 0 Å². The molecule has 0 bridgehead atoms. The van der Waals surface area contributed by atoms with Gasteiger partial charge in [0.25, 0.3) is 0 Å². The zero-order valence-corrected chi connectivity index (χ0v) is 9.68. The molecule has 0 aliphatic rings. The lowest BCUT2D eigenvalue weighted by Gasteiger charge is -2.16. The molecule has 0 amide bonds. The largest absolute Gasteiger partial charge is 0.469 e. The van der Waals surface area contributed by atoms with Crippen LogP contribution in [0.2, 0.25) is 0 Å². The smallest absolute Gasteiger partial charge is 0.389 e. The molecule has 6 heteroatoms. The summed E-state index contributed by atoms with van der Waals surface area (Å²) < 4.78 is 41.3. The van der Waals surface area contributed by atoms with E-state index in [-0.39, 0.29) is 12.5 Å². The average Bonchev–Trinajstić information content (AvgIpc) is 2.70. The summed E-state index contributed by atoms with van der Waals surface area (Å²) in [6.07, 6.45) is -2.29. The molecule has 1 atom stereocenters. The van der Waals surface area contributed by atoms with E-state index in [0.29, 0.717) is 12.8 Å². The van der Waals surface area contributed by atoms with Gasteiger partial charge >= 0.3 is 6.18 Å². The first-order valence-corrected chi connectivity index (χ1v) is 5.57. The molecule has 0 spiro atoms. The molecule has 0 saturated carbocycles. The first kappa shape index (κ1) is 14.1. The van der Waals surface area contributed by atoms with Gasteiger partial charge in [0.15, 0.2) is 0 Å². The summed E-state index contributed by atoms with van der Waals surface area (Å²) in [5, 5.41) is 0. The van der Waals surface area contributed by atoms with E-state index in [9.17, 15) is 13.2 Å². The minimum absolute atomic E-state index is 0.0483. The molecule has 98 valence electrons. The Labute approximate surface area is 98.1 Å². The molecule has 1 rings (SSSR count). The SMILES string of the molecule is CCc1occc1C(CCCC(F)(F)F)NN. The molecule has 1 aromatic rings. The maximum absolute atomic E-state index is 12.0. The van der Waals surface area contributed by atoms with E-state index in [1.165, 1.54) is 6.26 Å². The molecule has 3 N–H and O–H groups in total. The number of nitrogens with one attached hydrogen (secondary N) is 1. The van der Waals surface area contributed by atoms with Crippen LogP contribution in [-0.4, -0.2) is 6.18 Å². The number of rotatable bonds is 6. The van der Waals surface area contributed by atoms with Gasteiger partial charge in [-0.05, 0) is 18.9 Å². The summed E-state index contributed by atoms with van der Waals surface area (Å²) in [6.45, 7) is 1.92. The van der Waals surface area contributed by atoms with Crippen molar-refractivity contribution in [3.8, 4) is 0 Å². The minimum atomic E-state index is -4.11. The van der Waals surface area contributed by atoms with Crippen molar-refractivity contribution >= 4 is 0 Å². The first-order valence-electron chi connectivity index (χ1n) is 5.57. The third kappa shape index (κ3) is 4.40. The highest BCUT2D eigenvalue weighted by molar-refractivity contribution is 5.21. The van der Waals surface area contributed by atoms with Crippen molar-refractivity contribution in [1.29, 1.82) is 0 Å². The molecular weight excluding hydrogens is 233 g/mol. The number of aryl methyl sites for hydroxylation is 1. The van der Waals surface area contributed by atoms with Gasteiger partial charge < -0.3 is 4.42 Å². The highest BCUT2D eigenvalue weighted by Crippen LogP contribution is 2.28. The molecule has 0 aromatic carbocycles. The van der Waals surface area contributed by atoms with Crippen LogP contribution in [0.5, 0.6) is 0 Å². The molecule has 3 nitrogen and oxygen atoms in total. The second kappa shape index (κ2) is 6.07. The molecule has 1 unspecified atom stereocenters. The third-order valence-corrected chi connectivity index (χ3v) is 2.63. The van der Waals surface area contributed by atoms with Gasteiger partial charge in [-0.1, -0.05) is 6.92 Å². The Morgan fingerprint density at radius 2 is 2.18 bits per heavy atom. The maximum atomic E-state index is 12.0. The predicted octanol–water partition coefficient (Wildman–Crippen LogP) is 3.08. The van der Waals surface area contributed by atoms with Gasteiger partial charge in [-0.25, -0.2) is 0 Å². The van der Waals surface area contributed by atoms with Gasteiger partial charge in [0.1, 0.15) is 5.76 Å². The summed E-state index contributed by atoms with van der Waals surface area (Å²) in [5.74, 6) is 6.13. The zero-order chi connectivity index (χ0) is 12.9. The summed E-state index contributed by atoms with van der Waals surface area (Å²) in [5.41, 5.74) is 3.38. The van der Waals surface area contributed by atoms with E-state index in [2.05, 4.69) is 5.43 Å². The summed E-state index contributed by atoms with van der Waals surface area (Å²) >= 11 is 0. The van der Waals surface area contributed by atoms with Crippen LogP contribution in [0.3, 0.4) is 0 Å². The van der Waals surface area contributed by atoms with Crippen molar-refractivity contribution in [2.24, 2.45) is 5.84 Å². The Kier molecular flexibility index (Phi) is 5.02. The van der Waals surface area contributed by atoms with Crippen molar-refractivity contribution in [2.75, 3.05) is 0 Å². The zero-order valence-electron chi connectivity index (χ0n) is 9.68. The van der Waals surface area contributed by atoms with Gasteiger partial charge in [0, 0.05) is 24.4 Å². The van der Waals surface area contributed by atoms with E-state index in [1.807, 2.05) is 6.92 Å². The van der Waals surface area contributed by atoms with Gasteiger partial charge in [0.05, 0.1) is 6.26 Å². The van der Waals surface area contributed by atoms with Crippen LogP contribution in [0.25, 0.3) is 0 Å². The molecule has 0 aliphatic carbocycles. The summed E-state index contributed by atoms with van der Waals surface area (Å²) in [4.78, 5) is 0. The predicted molar refractivity (Wildman–Crippen MR) is 58.1 cm³/mol. The number of nitrogens with two attached hydrogens (primary N) is 1. The highest BCUT2D eigenvalue weighted by Gasteiger charge is 2.27. The van der Waals surface area contributed by atoms with E-state index < -0.39 is 12.6 Å². The average molecular weight is 250 g/mol. The quantitative estimate of drug-likeness (QED) is 0.602. The van der Waals surface area contributed by atoms with E-state index in [4.69, 9.17) is 10.3 Å². The number of hydrazine groups is 1. The molecule has 1 heterocycles. The Balaban J connectivity index is 2.54. The Morgan fingerprint density at radius 3 is 2.71 bits per heavy atom. The number of hydrogen-bond acceptors (Lipinski definition) is 3. The summed E-state index contributed by atoms with van der Waals surface area (Å²) in [7, 11) is 0. The maximum Gasteiger partial charge on any atom is 0.389 e. The fourth-order valence-electron chi connectivity index (χ4n) is 1.78. The fourth-order valence-corrected chi connectivity index (χ4v) is 1.78. The number of hydrogen-bond donors (Lipinski definition) is 2. The highest BCUT2D eigenvalue weighted by atomic mass is 19.4. The van der Waals surface area contributed by atoms with Crippen LogP contribution in [0.1, 0.15) is 43.6 Å². The van der Waals surface area contributed by atoms with E-state index >= 15 is 0 Å². The standard InChI is InChI=1S/C11H17F3N2O/c1-2-10-8(5-7-17-10)9(16-15)4-3-6-11(12,13)14/h5,7,9,16H,2-4,6,15H2,1H3.